The van der Waals surface area contributed by atoms with Crippen molar-refractivity contribution in [1.82, 2.24) is 9.71 Å². The fraction of sp³-hybridized carbons (Fsp3) is 0.294. The molecule has 7 heteroatoms. The lowest BCUT2D eigenvalue weighted by molar-refractivity contribution is -0.137. The molecule has 0 aliphatic heterocycles. The molecule has 2 aromatic rings. The van der Waals surface area contributed by atoms with Gasteiger partial charge < -0.3 is 5.11 Å². The average molecular weight is 348 g/mol. The van der Waals surface area contributed by atoms with Crippen LogP contribution >= 0.6 is 0 Å². The van der Waals surface area contributed by atoms with Crippen LogP contribution in [0.3, 0.4) is 0 Å². The van der Waals surface area contributed by atoms with E-state index < -0.39 is 22.0 Å². The Balaban J connectivity index is 2.45. The van der Waals surface area contributed by atoms with Crippen LogP contribution in [0, 0.1) is 20.8 Å². The van der Waals surface area contributed by atoms with Gasteiger partial charge in [-0.3, -0.25) is 9.78 Å². The lowest BCUT2D eigenvalue weighted by atomic mass is 9.96. The average Bonchev–Trinajstić information content (AvgIpc) is 2.49. The first-order valence-corrected chi connectivity index (χ1v) is 8.91. The quantitative estimate of drug-likeness (QED) is 0.836. The maximum Gasteiger partial charge on any atom is 0.305 e. The van der Waals surface area contributed by atoms with Crippen LogP contribution in [-0.2, 0) is 14.8 Å². The molecule has 0 saturated heterocycles. The molecule has 6 nitrogen and oxygen atoms in total. The topological polar surface area (TPSA) is 96.4 Å². The Morgan fingerprint density at radius 2 is 1.92 bits per heavy atom. The van der Waals surface area contributed by atoms with Gasteiger partial charge >= 0.3 is 5.97 Å². The molecular formula is C17H20N2O4S. The molecule has 2 rings (SSSR count). The number of sulfonamides is 1. The van der Waals surface area contributed by atoms with Gasteiger partial charge in [0.25, 0.3) is 0 Å². The van der Waals surface area contributed by atoms with E-state index in [0.29, 0.717) is 11.1 Å². The van der Waals surface area contributed by atoms with Gasteiger partial charge in [-0.15, -0.1) is 0 Å². The third kappa shape index (κ3) is 3.98. The van der Waals surface area contributed by atoms with Gasteiger partial charge in [0.2, 0.25) is 10.0 Å². The highest BCUT2D eigenvalue weighted by atomic mass is 32.2. The van der Waals surface area contributed by atoms with Gasteiger partial charge in [-0.2, -0.15) is 0 Å². The van der Waals surface area contributed by atoms with Crippen LogP contribution in [-0.4, -0.2) is 24.5 Å². The minimum Gasteiger partial charge on any atom is -0.481 e. The lowest BCUT2D eigenvalue weighted by Gasteiger charge is -2.21. The van der Waals surface area contributed by atoms with Gasteiger partial charge in [-0.1, -0.05) is 18.2 Å². The van der Waals surface area contributed by atoms with Crippen molar-refractivity contribution >= 4 is 16.0 Å². The molecule has 1 aromatic heterocycles. The standard InChI is InChI=1S/C17H20N2O4S/c1-11-5-4-6-14(13(11)3)15(9-17(20)21)19-24(22,23)16-10-18-8-7-12(16)2/h4-8,10,15,19H,9H2,1-3H3,(H,20,21)/t15-/m1/s1. The number of pyridine rings is 1. The third-order valence-corrected chi connectivity index (χ3v) is 5.58. The van der Waals surface area contributed by atoms with Crippen LogP contribution < -0.4 is 4.72 Å². The summed E-state index contributed by atoms with van der Waals surface area (Å²) in [4.78, 5) is 15.1. The van der Waals surface area contributed by atoms with Crippen molar-refractivity contribution in [3.8, 4) is 0 Å². The summed E-state index contributed by atoms with van der Waals surface area (Å²) in [5, 5.41) is 9.18. The number of aliphatic carboxylic acids is 1. The summed E-state index contributed by atoms with van der Waals surface area (Å²) >= 11 is 0. The number of hydrogen-bond acceptors (Lipinski definition) is 4. The van der Waals surface area contributed by atoms with E-state index in [0.717, 1.165) is 11.1 Å². The van der Waals surface area contributed by atoms with Crippen molar-refractivity contribution in [3.05, 3.63) is 58.9 Å². The highest BCUT2D eigenvalue weighted by Gasteiger charge is 2.26. The Kier molecular flexibility index (Phi) is 5.36. The van der Waals surface area contributed by atoms with Gasteiger partial charge in [0, 0.05) is 12.4 Å². The molecular weight excluding hydrogens is 328 g/mol. The highest BCUT2D eigenvalue weighted by Crippen LogP contribution is 2.25. The number of carbonyl (C=O) groups is 1. The van der Waals surface area contributed by atoms with Crippen molar-refractivity contribution in [1.29, 1.82) is 0 Å². The summed E-state index contributed by atoms with van der Waals surface area (Å²) in [6.07, 6.45) is 2.43. The van der Waals surface area contributed by atoms with Crippen LogP contribution in [0.25, 0.3) is 0 Å². The number of aromatic nitrogens is 1. The second-order valence-corrected chi connectivity index (χ2v) is 7.38. The van der Waals surface area contributed by atoms with E-state index in [1.165, 1.54) is 12.4 Å². The summed E-state index contributed by atoms with van der Waals surface area (Å²) in [6, 6.07) is 6.17. The summed E-state index contributed by atoms with van der Waals surface area (Å²) in [5.41, 5.74) is 3.05. The van der Waals surface area contributed by atoms with Gasteiger partial charge in [0.1, 0.15) is 4.90 Å². The van der Waals surface area contributed by atoms with Crippen LogP contribution in [0.15, 0.2) is 41.6 Å². The van der Waals surface area contributed by atoms with Gasteiger partial charge in [-0.25, -0.2) is 13.1 Å². The molecule has 0 unspecified atom stereocenters. The number of benzene rings is 1. The molecule has 2 N–H and O–H groups in total. The smallest absolute Gasteiger partial charge is 0.305 e. The van der Waals surface area contributed by atoms with Crippen molar-refractivity contribution in [2.75, 3.05) is 0 Å². The van der Waals surface area contributed by atoms with Crippen LogP contribution in [0.1, 0.15) is 34.7 Å². The van der Waals surface area contributed by atoms with E-state index in [1.54, 1.807) is 25.1 Å². The summed E-state index contributed by atoms with van der Waals surface area (Å²) in [7, 11) is -3.89. The molecule has 0 bridgehead atoms. The predicted molar refractivity (Wildman–Crippen MR) is 90.2 cm³/mol. The fourth-order valence-corrected chi connectivity index (χ4v) is 3.93. The van der Waals surface area contributed by atoms with E-state index >= 15 is 0 Å². The highest BCUT2D eigenvalue weighted by molar-refractivity contribution is 7.89. The van der Waals surface area contributed by atoms with Gasteiger partial charge in [0.15, 0.2) is 0 Å². The number of hydrogen-bond donors (Lipinski definition) is 2. The zero-order valence-corrected chi connectivity index (χ0v) is 14.6. The van der Waals surface area contributed by atoms with E-state index in [1.807, 2.05) is 19.9 Å². The number of carboxylic acids is 1. The molecule has 1 aromatic carbocycles. The molecule has 0 amide bonds. The summed E-state index contributed by atoms with van der Waals surface area (Å²) < 4.78 is 27.9. The van der Waals surface area contributed by atoms with Crippen molar-refractivity contribution < 1.29 is 18.3 Å². The largest absolute Gasteiger partial charge is 0.481 e. The minimum atomic E-state index is -3.89. The third-order valence-electron chi connectivity index (χ3n) is 3.98. The second kappa shape index (κ2) is 7.11. The molecule has 0 radical (unpaired) electrons. The van der Waals surface area contributed by atoms with Crippen LogP contribution in [0.4, 0.5) is 0 Å². The number of aryl methyl sites for hydroxylation is 2. The second-order valence-electron chi connectivity index (χ2n) is 5.70. The van der Waals surface area contributed by atoms with Crippen LogP contribution in [0.5, 0.6) is 0 Å². The molecule has 24 heavy (non-hydrogen) atoms. The van der Waals surface area contributed by atoms with E-state index in [9.17, 15) is 18.3 Å². The first kappa shape index (κ1) is 18.1. The Morgan fingerprint density at radius 1 is 1.21 bits per heavy atom. The van der Waals surface area contributed by atoms with Crippen molar-refractivity contribution in [2.45, 2.75) is 38.1 Å². The Bertz CT molecular complexity index is 863. The number of carboxylic acid groups (broad SMARTS) is 1. The maximum atomic E-state index is 12.7. The first-order valence-electron chi connectivity index (χ1n) is 7.43. The molecule has 0 saturated carbocycles. The number of nitrogens with zero attached hydrogens (tertiary/aromatic N) is 1. The summed E-state index contributed by atoms with van der Waals surface area (Å²) in [6.45, 7) is 5.42. The first-order chi connectivity index (χ1) is 11.2. The number of rotatable bonds is 6. The van der Waals surface area contributed by atoms with E-state index in [-0.39, 0.29) is 11.3 Å². The fourth-order valence-electron chi connectivity index (χ4n) is 2.52. The van der Waals surface area contributed by atoms with Crippen LogP contribution in [0.2, 0.25) is 0 Å². The molecule has 0 spiro atoms. The molecule has 1 heterocycles. The Hall–Kier alpha value is -2.25. The molecule has 1 atom stereocenters. The Labute approximate surface area is 141 Å². The molecule has 0 aliphatic rings. The molecule has 0 fully saturated rings. The maximum absolute atomic E-state index is 12.7. The monoisotopic (exact) mass is 348 g/mol. The van der Waals surface area contributed by atoms with E-state index in [2.05, 4.69) is 9.71 Å². The zero-order valence-electron chi connectivity index (χ0n) is 13.8. The van der Waals surface area contributed by atoms with Gasteiger partial charge in [0.05, 0.1) is 12.5 Å². The minimum absolute atomic E-state index is 0.0469. The Morgan fingerprint density at radius 3 is 2.54 bits per heavy atom. The normalized spacial score (nSPS) is 12.8. The summed E-state index contributed by atoms with van der Waals surface area (Å²) in [5.74, 6) is -1.08. The molecule has 128 valence electrons. The van der Waals surface area contributed by atoms with E-state index in [4.69, 9.17) is 0 Å². The number of nitrogens with one attached hydrogen (secondary N) is 1. The molecule has 0 aliphatic carbocycles. The lowest BCUT2D eigenvalue weighted by Crippen LogP contribution is -2.31. The van der Waals surface area contributed by atoms with Crippen molar-refractivity contribution in [3.63, 3.8) is 0 Å². The SMILES string of the molecule is Cc1ccncc1S(=O)(=O)N[C@H](CC(=O)O)c1cccc(C)c1C. The van der Waals surface area contributed by atoms with Crippen molar-refractivity contribution in [2.24, 2.45) is 0 Å². The van der Waals surface area contributed by atoms with Gasteiger partial charge in [-0.05, 0) is 49.1 Å². The predicted octanol–water partition coefficient (Wildman–Crippen LogP) is 2.50. The zero-order chi connectivity index (χ0) is 17.9.